The molecule has 13 heavy (non-hydrogen) atoms. The predicted octanol–water partition coefficient (Wildman–Crippen LogP) is 1.27. The van der Waals surface area contributed by atoms with Gasteiger partial charge >= 0.3 is 6.09 Å². The number of carbonyl (C=O) groups is 1. The molecule has 0 aliphatic rings. The highest BCUT2D eigenvalue weighted by Gasteiger charge is 2.24. The van der Waals surface area contributed by atoms with E-state index in [0.29, 0.717) is 0 Å². The summed E-state index contributed by atoms with van der Waals surface area (Å²) in [5, 5.41) is 9.09. The van der Waals surface area contributed by atoms with Crippen LogP contribution in [0.5, 0.6) is 0 Å². The minimum Gasteiger partial charge on any atom is -0.449 e. The molecule has 0 aromatic heterocycles. The Morgan fingerprint density at radius 3 is 2.62 bits per heavy atom. The Kier molecular flexibility index (Phi) is 5.46. The minimum absolute atomic E-state index is 0.0142. The largest absolute Gasteiger partial charge is 0.449 e. The molecule has 0 radical (unpaired) electrons. The molecule has 0 aromatic rings. The van der Waals surface area contributed by atoms with Gasteiger partial charge in [0.25, 0.3) is 0 Å². The number of hydrogen-bond acceptors (Lipinski definition) is 3. The average Bonchev–Trinajstić information content (AvgIpc) is 2.11. The highest BCUT2D eigenvalue weighted by molar-refractivity contribution is 5.64. The Bertz CT molecular complexity index is 161. The summed E-state index contributed by atoms with van der Waals surface area (Å²) in [6.45, 7) is 4.16. The van der Waals surface area contributed by atoms with Gasteiger partial charge in [-0.1, -0.05) is 26.7 Å². The number of unbranched alkanes of at least 4 members (excludes halogenated alkanes) is 1. The number of aliphatic hydroxyl groups excluding tert-OH is 1. The van der Waals surface area contributed by atoms with E-state index in [1.165, 1.54) is 0 Å². The van der Waals surface area contributed by atoms with E-state index in [1.54, 1.807) is 0 Å². The summed E-state index contributed by atoms with van der Waals surface area (Å²) in [5.41, 5.74) is 4.50. The summed E-state index contributed by atoms with van der Waals surface area (Å²) in [6.07, 6.45) is 2.13. The van der Waals surface area contributed by atoms with Gasteiger partial charge in [-0.05, 0) is 6.42 Å². The van der Waals surface area contributed by atoms with Crippen molar-refractivity contribution >= 4 is 6.09 Å². The van der Waals surface area contributed by atoms with Crippen LogP contribution in [-0.4, -0.2) is 24.4 Å². The van der Waals surface area contributed by atoms with Gasteiger partial charge in [0.1, 0.15) is 6.61 Å². The maximum atomic E-state index is 10.4. The molecule has 4 heteroatoms. The van der Waals surface area contributed by atoms with Crippen LogP contribution >= 0.6 is 0 Å². The monoisotopic (exact) mass is 189 g/mol. The highest BCUT2D eigenvalue weighted by Crippen LogP contribution is 2.23. The molecule has 4 nitrogen and oxygen atoms in total. The summed E-state index contributed by atoms with van der Waals surface area (Å²) in [4.78, 5) is 10.4. The predicted molar refractivity (Wildman–Crippen MR) is 50.3 cm³/mol. The van der Waals surface area contributed by atoms with Crippen molar-refractivity contribution in [3.05, 3.63) is 0 Å². The number of hydrogen-bond donors (Lipinski definition) is 2. The molecule has 1 amide bonds. The summed E-state index contributed by atoms with van der Waals surface area (Å²) in [7, 11) is 0. The fourth-order valence-corrected chi connectivity index (χ4v) is 1.05. The van der Waals surface area contributed by atoms with E-state index in [1.807, 2.05) is 6.92 Å². The maximum absolute atomic E-state index is 10.4. The van der Waals surface area contributed by atoms with Crippen LogP contribution < -0.4 is 5.73 Å². The van der Waals surface area contributed by atoms with Gasteiger partial charge in [0, 0.05) is 5.41 Å². The van der Waals surface area contributed by atoms with Gasteiger partial charge in [-0.25, -0.2) is 4.79 Å². The molecule has 0 heterocycles. The number of nitrogens with two attached hydrogens (primary N) is 1. The zero-order chi connectivity index (χ0) is 10.3. The molecule has 0 aliphatic heterocycles. The zero-order valence-corrected chi connectivity index (χ0v) is 8.38. The maximum Gasteiger partial charge on any atom is 0.404 e. The molecule has 0 saturated carbocycles. The number of carbonyl (C=O) groups excluding carboxylic acids is 1. The lowest BCUT2D eigenvalue weighted by Crippen LogP contribution is -2.30. The normalized spacial score (nSPS) is 15.0. The van der Waals surface area contributed by atoms with Gasteiger partial charge in [-0.2, -0.15) is 0 Å². The molecule has 0 rings (SSSR count). The standard InChI is InChI=1S/C9H19NO3/c1-3-4-5-9(2,6-11)7-13-8(10)12/h11H,3-7H2,1-2H3,(H2,10,12). The van der Waals surface area contributed by atoms with Gasteiger partial charge in [-0.3, -0.25) is 0 Å². The summed E-state index contributed by atoms with van der Waals surface area (Å²) < 4.78 is 4.67. The third-order valence-corrected chi connectivity index (χ3v) is 2.08. The summed E-state index contributed by atoms with van der Waals surface area (Å²) >= 11 is 0. The van der Waals surface area contributed by atoms with Crippen molar-refractivity contribution in [1.82, 2.24) is 0 Å². The van der Waals surface area contributed by atoms with Crippen LogP contribution in [0.3, 0.4) is 0 Å². The van der Waals surface area contributed by atoms with Crippen LogP contribution in [0.2, 0.25) is 0 Å². The molecular weight excluding hydrogens is 170 g/mol. The first-order valence-electron chi connectivity index (χ1n) is 4.57. The minimum atomic E-state index is -0.781. The van der Waals surface area contributed by atoms with Crippen molar-refractivity contribution in [3.63, 3.8) is 0 Å². The van der Waals surface area contributed by atoms with E-state index in [2.05, 4.69) is 11.7 Å². The Labute approximate surface area is 79.1 Å². The summed E-state index contributed by atoms with van der Waals surface area (Å²) in [5.74, 6) is 0. The lowest BCUT2D eigenvalue weighted by Gasteiger charge is -2.25. The van der Waals surface area contributed by atoms with Crippen LogP contribution in [-0.2, 0) is 4.74 Å². The van der Waals surface area contributed by atoms with E-state index >= 15 is 0 Å². The fourth-order valence-electron chi connectivity index (χ4n) is 1.05. The topological polar surface area (TPSA) is 72.6 Å². The number of aliphatic hydroxyl groups is 1. The van der Waals surface area contributed by atoms with Crippen molar-refractivity contribution in [2.24, 2.45) is 11.1 Å². The molecule has 0 aromatic carbocycles. The fraction of sp³-hybridized carbons (Fsp3) is 0.889. The Morgan fingerprint density at radius 1 is 1.62 bits per heavy atom. The SMILES string of the molecule is CCCCC(C)(CO)COC(N)=O. The molecule has 1 atom stereocenters. The molecular formula is C9H19NO3. The Balaban J connectivity index is 3.87. The smallest absolute Gasteiger partial charge is 0.404 e. The van der Waals surface area contributed by atoms with Gasteiger partial charge in [0.15, 0.2) is 0 Å². The van der Waals surface area contributed by atoms with Gasteiger partial charge < -0.3 is 15.6 Å². The van der Waals surface area contributed by atoms with E-state index in [9.17, 15) is 4.79 Å². The molecule has 0 saturated heterocycles. The average molecular weight is 189 g/mol. The van der Waals surface area contributed by atoms with Gasteiger partial charge in [-0.15, -0.1) is 0 Å². The first-order valence-corrected chi connectivity index (χ1v) is 4.57. The number of primary amides is 1. The van der Waals surface area contributed by atoms with E-state index in [-0.39, 0.29) is 18.6 Å². The van der Waals surface area contributed by atoms with Crippen LogP contribution in [0.1, 0.15) is 33.1 Å². The van der Waals surface area contributed by atoms with Crippen LogP contribution in [0.15, 0.2) is 0 Å². The first kappa shape index (κ1) is 12.2. The first-order chi connectivity index (χ1) is 6.04. The molecule has 0 fully saturated rings. The van der Waals surface area contributed by atoms with Gasteiger partial charge in [0.05, 0.1) is 6.61 Å². The van der Waals surface area contributed by atoms with Gasteiger partial charge in [0.2, 0.25) is 0 Å². The van der Waals surface area contributed by atoms with Crippen LogP contribution in [0, 0.1) is 5.41 Å². The summed E-state index contributed by atoms with van der Waals surface area (Å²) in [6, 6.07) is 0. The lowest BCUT2D eigenvalue weighted by atomic mass is 9.87. The number of amides is 1. The Morgan fingerprint density at radius 2 is 2.23 bits per heavy atom. The Hall–Kier alpha value is -0.770. The third-order valence-electron chi connectivity index (χ3n) is 2.08. The van der Waals surface area contributed by atoms with Crippen LogP contribution in [0.25, 0.3) is 0 Å². The van der Waals surface area contributed by atoms with Crippen molar-refractivity contribution in [3.8, 4) is 0 Å². The van der Waals surface area contributed by atoms with Crippen molar-refractivity contribution in [2.75, 3.05) is 13.2 Å². The lowest BCUT2D eigenvalue weighted by molar-refractivity contribution is 0.0461. The second-order valence-electron chi connectivity index (χ2n) is 3.68. The molecule has 3 N–H and O–H groups in total. The number of ether oxygens (including phenoxy) is 1. The van der Waals surface area contributed by atoms with Crippen molar-refractivity contribution in [2.45, 2.75) is 33.1 Å². The van der Waals surface area contributed by atoms with Crippen LogP contribution in [0.4, 0.5) is 4.79 Å². The van der Waals surface area contributed by atoms with E-state index < -0.39 is 6.09 Å². The zero-order valence-electron chi connectivity index (χ0n) is 8.38. The highest BCUT2D eigenvalue weighted by atomic mass is 16.5. The third kappa shape index (κ3) is 5.47. The van der Waals surface area contributed by atoms with E-state index in [4.69, 9.17) is 10.8 Å². The molecule has 1 unspecified atom stereocenters. The molecule has 0 spiro atoms. The van der Waals surface area contributed by atoms with Crippen molar-refractivity contribution in [1.29, 1.82) is 0 Å². The number of rotatable bonds is 6. The van der Waals surface area contributed by atoms with E-state index in [0.717, 1.165) is 19.3 Å². The molecule has 0 aliphatic carbocycles. The quantitative estimate of drug-likeness (QED) is 0.661. The second-order valence-corrected chi connectivity index (χ2v) is 3.68. The second kappa shape index (κ2) is 5.80. The van der Waals surface area contributed by atoms with Crippen molar-refractivity contribution < 1.29 is 14.6 Å². The molecule has 78 valence electrons. The molecule has 0 bridgehead atoms.